The van der Waals surface area contributed by atoms with E-state index < -0.39 is 0 Å². The van der Waals surface area contributed by atoms with Crippen LogP contribution in [0, 0.1) is 5.92 Å². The monoisotopic (exact) mass is 528 g/mol. The topological polar surface area (TPSA) is 48.7 Å². The van der Waals surface area contributed by atoms with Crippen LogP contribution < -0.4 is 5.32 Å². The second-order valence-electron chi connectivity index (χ2n) is 7.58. The highest BCUT2D eigenvalue weighted by atomic mass is 127. The second kappa shape index (κ2) is 11.8. The number of nitrogens with zero attached hydrogens (tertiary/aromatic N) is 5. The van der Waals surface area contributed by atoms with Gasteiger partial charge in [0.1, 0.15) is 0 Å². The molecule has 1 aromatic carbocycles. The van der Waals surface area contributed by atoms with Gasteiger partial charge in [0.15, 0.2) is 5.96 Å². The summed E-state index contributed by atoms with van der Waals surface area (Å²) in [5.41, 5.74) is 1.22. The highest BCUT2D eigenvalue weighted by molar-refractivity contribution is 14.0. The lowest BCUT2D eigenvalue weighted by atomic mass is 10.1. The van der Waals surface area contributed by atoms with Crippen LogP contribution in [0.1, 0.15) is 18.0 Å². The smallest absolute Gasteiger partial charge is 0.193 e. The van der Waals surface area contributed by atoms with E-state index in [4.69, 9.17) is 0 Å². The Morgan fingerprint density at radius 1 is 1.34 bits per heavy atom. The van der Waals surface area contributed by atoms with Crippen molar-refractivity contribution in [3.8, 4) is 0 Å². The third-order valence-electron chi connectivity index (χ3n) is 5.21. The van der Waals surface area contributed by atoms with Crippen LogP contribution in [0.5, 0.6) is 0 Å². The summed E-state index contributed by atoms with van der Waals surface area (Å²) in [6, 6.07) is 10.9. The van der Waals surface area contributed by atoms with E-state index in [9.17, 15) is 0 Å². The van der Waals surface area contributed by atoms with Crippen LogP contribution >= 0.6 is 35.7 Å². The number of hydrogen-bond acceptors (Lipinski definition) is 4. The number of likely N-dealkylation sites (N-methyl/N-ethyl adjacent to an activating group) is 1. The fourth-order valence-electron chi connectivity index (χ4n) is 3.62. The number of aliphatic imine (C=N–C) groups is 1. The van der Waals surface area contributed by atoms with E-state index in [1.54, 1.807) is 0 Å². The molecule has 160 valence electrons. The Hall–Kier alpha value is -1.26. The van der Waals surface area contributed by atoms with E-state index in [1.165, 1.54) is 16.9 Å². The molecule has 1 aliphatic rings. The summed E-state index contributed by atoms with van der Waals surface area (Å²) in [5.74, 6) is 2.86. The number of aryl methyl sites for hydroxylation is 1. The van der Waals surface area contributed by atoms with Crippen molar-refractivity contribution in [1.82, 2.24) is 24.9 Å². The predicted molar refractivity (Wildman–Crippen MR) is 133 cm³/mol. The number of halogens is 1. The minimum atomic E-state index is 0. The zero-order chi connectivity index (χ0) is 19.9. The second-order valence-corrected chi connectivity index (χ2v) is 8.67. The van der Waals surface area contributed by atoms with Gasteiger partial charge in [0.2, 0.25) is 0 Å². The van der Waals surface area contributed by atoms with Crippen molar-refractivity contribution in [2.24, 2.45) is 18.0 Å². The van der Waals surface area contributed by atoms with Gasteiger partial charge < -0.3 is 15.1 Å². The van der Waals surface area contributed by atoms with Crippen LogP contribution in [0.2, 0.25) is 0 Å². The van der Waals surface area contributed by atoms with Crippen LogP contribution in [0.3, 0.4) is 0 Å². The molecule has 1 aromatic heterocycles. The van der Waals surface area contributed by atoms with Crippen molar-refractivity contribution in [2.75, 3.05) is 46.5 Å². The molecule has 0 bridgehead atoms. The molecular weight excluding hydrogens is 495 g/mol. The van der Waals surface area contributed by atoms with Gasteiger partial charge in [0, 0.05) is 56.1 Å². The molecule has 0 aliphatic carbocycles. The highest BCUT2D eigenvalue weighted by Crippen LogP contribution is 2.26. The molecule has 29 heavy (non-hydrogen) atoms. The molecule has 1 saturated heterocycles. The molecule has 2 unspecified atom stereocenters. The van der Waals surface area contributed by atoms with Crippen LogP contribution in [0.15, 0.2) is 52.6 Å². The average molecular weight is 529 g/mol. The number of likely N-dealkylation sites (tertiary alicyclic amines) is 1. The van der Waals surface area contributed by atoms with Gasteiger partial charge in [-0.2, -0.15) is 5.10 Å². The number of benzene rings is 1. The van der Waals surface area contributed by atoms with Crippen molar-refractivity contribution >= 4 is 41.7 Å². The molecule has 1 aliphatic heterocycles. The lowest BCUT2D eigenvalue weighted by Crippen LogP contribution is -2.43. The van der Waals surface area contributed by atoms with Crippen molar-refractivity contribution in [3.05, 3.63) is 48.3 Å². The molecule has 2 heterocycles. The molecular formula is C21H33IN6S. The summed E-state index contributed by atoms with van der Waals surface area (Å²) in [7, 11) is 8.05. The van der Waals surface area contributed by atoms with Gasteiger partial charge in [-0.1, -0.05) is 18.2 Å². The SMILES string of the molecule is CN=C(NCC(c1cnn(C)c1)N(C)C)N1CCC(CSc2ccccc2)C1.I. The van der Waals surface area contributed by atoms with Gasteiger partial charge >= 0.3 is 0 Å². The summed E-state index contributed by atoms with van der Waals surface area (Å²) in [6.07, 6.45) is 5.25. The van der Waals surface area contributed by atoms with Crippen molar-refractivity contribution in [1.29, 1.82) is 0 Å². The number of guanidine groups is 1. The van der Waals surface area contributed by atoms with E-state index >= 15 is 0 Å². The first-order valence-electron chi connectivity index (χ1n) is 9.85. The molecule has 8 heteroatoms. The Bertz CT molecular complexity index is 764. The van der Waals surface area contributed by atoms with E-state index in [0.717, 1.165) is 31.3 Å². The number of thioether (sulfide) groups is 1. The maximum absolute atomic E-state index is 4.54. The first-order chi connectivity index (χ1) is 13.6. The summed E-state index contributed by atoms with van der Waals surface area (Å²) < 4.78 is 1.86. The molecule has 1 fully saturated rings. The molecule has 6 nitrogen and oxygen atoms in total. The Morgan fingerprint density at radius 2 is 2.10 bits per heavy atom. The van der Waals surface area contributed by atoms with Gasteiger partial charge in [-0.15, -0.1) is 35.7 Å². The van der Waals surface area contributed by atoms with E-state index in [0.29, 0.717) is 5.92 Å². The number of rotatable bonds is 7. The normalized spacial score (nSPS) is 18.0. The summed E-state index contributed by atoms with van der Waals surface area (Å²) in [5, 5.41) is 7.90. The number of hydrogen-bond donors (Lipinski definition) is 1. The van der Waals surface area contributed by atoms with Crippen molar-refractivity contribution in [2.45, 2.75) is 17.4 Å². The molecule has 0 saturated carbocycles. The maximum Gasteiger partial charge on any atom is 0.193 e. The fraction of sp³-hybridized carbons (Fsp3) is 0.524. The molecule has 2 aromatic rings. The van der Waals surface area contributed by atoms with Crippen LogP contribution in [0.4, 0.5) is 0 Å². The zero-order valence-electron chi connectivity index (χ0n) is 17.8. The summed E-state index contributed by atoms with van der Waals surface area (Å²) in [4.78, 5) is 10.5. The van der Waals surface area contributed by atoms with E-state index in [1.807, 2.05) is 36.7 Å². The first-order valence-corrected chi connectivity index (χ1v) is 10.8. The molecule has 0 radical (unpaired) electrons. The third-order valence-corrected chi connectivity index (χ3v) is 6.46. The van der Waals surface area contributed by atoms with Crippen molar-refractivity contribution < 1.29 is 0 Å². The van der Waals surface area contributed by atoms with E-state index in [-0.39, 0.29) is 30.0 Å². The quantitative estimate of drug-likeness (QED) is 0.259. The van der Waals surface area contributed by atoms with Crippen LogP contribution in [-0.2, 0) is 7.05 Å². The Labute approximate surface area is 196 Å². The Kier molecular flexibility index (Phi) is 9.78. The lowest BCUT2D eigenvalue weighted by molar-refractivity contribution is 0.295. The third kappa shape index (κ3) is 6.89. The summed E-state index contributed by atoms with van der Waals surface area (Å²) >= 11 is 1.96. The zero-order valence-corrected chi connectivity index (χ0v) is 20.9. The highest BCUT2D eigenvalue weighted by Gasteiger charge is 2.26. The standard InChI is InChI=1S/C21H32N6S.HI/c1-22-21(23-13-20(25(2)3)18-12-24-26(4)15-18)27-11-10-17(14-27)16-28-19-8-6-5-7-9-19;/h5-9,12,15,17,20H,10-11,13-14,16H2,1-4H3,(H,22,23);1H. The van der Waals surface area contributed by atoms with Crippen LogP contribution in [-0.4, -0.2) is 72.1 Å². The van der Waals surface area contributed by atoms with Gasteiger partial charge in [-0.3, -0.25) is 9.67 Å². The maximum atomic E-state index is 4.54. The summed E-state index contributed by atoms with van der Waals surface area (Å²) in [6.45, 7) is 2.95. The number of aromatic nitrogens is 2. The molecule has 1 N–H and O–H groups in total. The molecule has 0 amide bonds. The molecule has 0 spiro atoms. The Balaban J connectivity index is 0.00000300. The molecule has 2 atom stereocenters. The first kappa shape index (κ1) is 24.0. The van der Waals surface area contributed by atoms with E-state index in [2.05, 4.69) is 75.8 Å². The fourth-order valence-corrected chi connectivity index (χ4v) is 4.67. The van der Waals surface area contributed by atoms with Crippen molar-refractivity contribution in [3.63, 3.8) is 0 Å². The lowest BCUT2D eigenvalue weighted by Gasteiger charge is -2.27. The van der Waals surface area contributed by atoms with Gasteiger partial charge in [-0.05, 0) is 38.6 Å². The molecule has 3 rings (SSSR count). The Morgan fingerprint density at radius 3 is 2.72 bits per heavy atom. The van der Waals surface area contributed by atoms with Gasteiger partial charge in [0.05, 0.1) is 12.2 Å². The minimum Gasteiger partial charge on any atom is -0.354 e. The average Bonchev–Trinajstić information content (AvgIpc) is 3.33. The van der Waals surface area contributed by atoms with Gasteiger partial charge in [-0.25, -0.2) is 0 Å². The van der Waals surface area contributed by atoms with Gasteiger partial charge in [0.25, 0.3) is 0 Å². The minimum absolute atomic E-state index is 0. The predicted octanol–water partition coefficient (Wildman–Crippen LogP) is 3.33. The largest absolute Gasteiger partial charge is 0.354 e. The number of nitrogens with one attached hydrogen (secondary N) is 1. The van der Waals surface area contributed by atoms with Crippen LogP contribution in [0.25, 0.3) is 0 Å².